The Labute approximate surface area is 923 Å². The second-order valence-corrected chi connectivity index (χ2v) is 33.2. The molecule has 0 saturated heterocycles. The molecule has 4 aliphatic heterocycles. The summed E-state index contributed by atoms with van der Waals surface area (Å²) in [6, 6.07) is 18.5. The molecule has 9 N–H and O–H groups in total. The number of halogens is 11. The van der Waals surface area contributed by atoms with Gasteiger partial charge in [-0.05, 0) is 200 Å². The van der Waals surface area contributed by atoms with Gasteiger partial charge in [-0.1, -0.05) is 124 Å². The van der Waals surface area contributed by atoms with E-state index in [0.29, 0.717) is 113 Å². The number of rotatable bonds is 10. The van der Waals surface area contributed by atoms with Gasteiger partial charge in [-0.2, -0.15) is 0 Å². The van der Waals surface area contributed by atoms with E-state index in [0.717, 1.165) is 85.4 Å². The number of aryl methyl sites for hydroxylation is 9. The zero-order chi connectivity index (χ0) is 82.8. The zero-order valence-electron chi connectivity index (χ0n) is 64.9. The van der Waals surface area contributed by atoms with Crippen molar-refractivity contribution in [2.45, 2.75) is 96.1 Å². The molecule has 8 aromatic heterocycles. The summed E-state index contributed by atoms with van der Waals surface area (Å²) in [7, 11) is -3.46. The molecule has 3 unspecified atom stereocenters. The van der Waals surface area contributed by atoms with Crippen molar-refractivity contribution in [1.82, 2.24) is 49.9 Å². The first-order chi connectivity index (χ1) is 51.4. The van der Waals surface area contributed by atoms with E-state index in [9.17, 15) is 27.3 Å². The molecule has 4 aliphatic rings. The van der Waals surface area contributed by atoms with Crippen LogP contribution in [0.25, 0.3) is 0 Å². The molecular formula is C70H79Cl8I3N14O13S3Y6-6. The molecule has 0 bridgehead atoms. The standard InChI is InChI=1S/C13H16ClN2O3.C9H9ClIN2O2S.C9H10ClN2O2S.C8H6ClINO2.2C8H8ClN2O.C7H8ClN.C6H5ClINO.CH5NOS.CH4.6Y/c1-7-11-8(5-10(14)15-7)9(6-18-11)16-12(17)19-13(2,3)4;1-6-9(7(11)5-8(10)13-6)15-4-3-12-16(2)14;1-5-9-6(3-8(10)11-5)7(4-14-9)12-15(2)13;1-5-8(13-3-2-12)6(10)4-7(9)11-5;2*1-4-8-5(2-7(9)11-4)6(10)3-12-8;1-5-3-4-7(8)9-6(5)2;1-3-6(10)4(8)2-5(7)9-3;1-4(2)3;;;;;;;/h5H,6H2,1-4H3,(H,16,17);5H,4H2,1-2H3;3,12H,4H2,1-2H3;4H,3H2,1H3;2*2H,3,10H2,1H3;3-4H,1-2H3;2,10H,1H3;2H2,1H3;1H4;;;;;;/q6*-1;;;;;;;;;;. The molecule has 12 rings (SSSR count). The van der Waals surface area contributed by atoms with Crippen LogP contribution >= 0.6 is 161 Å². The SMILES string of the molecule is C.CS(N)=O.Cc1ccc(Cl)nc1C.Cc1nc(Cl)cc(I)c1O.Cc1nc(Cl)cc(I)c1OC[C-]=NS(C)=O.Cc1nc(Cl)cc(I)c1OC[C-]=O.Cc1nc(Cl)cc2c1OC[C-]2N.Cc1nc(Cl)cc2c1OC[C-]2N.Cc1nc(Cl)cc2c1OC[C-]2NC(=O)OC(C)(C)C.Cc1nc(Cl)cc2c1OC[C-]2NS(C)=O.[Y].[Y].[Y].[Y].[Y].[Y]. The quantitative estimate of drug-likeness (QED) is 0.0320. The van der Waals surface area contributed by atoms with Crippen LogP contribution in [0.5, 0.6) is 40.2 Å². The number of hydrogen-bond acceptors (Lipinski definition) is 23. The molecule has 6 radical (unpaired) electrons. The zero-order valence-corrected chi connectivity index (χ0v) is 96.9. The predicted molar refractivity (Wildman–Crippen MR) is 466 cm³/mol. The first-order valence-electron chi connectivity index (χ1n) is 31.4. The van der Waals surface area contributed by atoms with E-state index in [1.165, 1.54) is 18.1 Å². The average Bonchev–Trinajstić information content (AvgIpc) is 1.68. The summed E-state index contributed by atoms with van der Waals surface area (Å²) in [5.74, 6) is 4.34. The summed E-state index contributed by atoms with van der Waals surface area (Å²) >= 11 is 52.1. The van der Waals surface area contributed by atoms with E-state index in [-0.39, 0.29) is 229 Å². The summed E-state index contributed by atoms with van der Waals surface area (Å²) in [5, 5.41) is 20.0. The van der Waals surface area contributed by atoms with E-state index in [4.69, 9.17) is 137 Å². The van der Waals surface area contributed by atoms with Crippen LogP contribution < -0.4 is 55.1 Å². The van der Waals surface area contributed by atoms with E-state index >= 15 is 0 Å². The molecular weight excluding hydrogens is 2540 g/mol. The molecule has 47 heteroatoms. The van der Waals surface area contributed by atoms with Gasteiger partial charge in [0, 0.05) is 266 Å². The van der Waals surface area contributed by atoms with Crippen LogP contribution in [-0.2, 0) is 239 Å². The van der Waals surface area contributed by atoms with Gasteiger partial charge in [-0.25, -0.2) is 43.6 Å². The maximum Gasteiger partial charge on any atom is 0.400 e. The third-order valence-corrected chi connectivity index (χ3v) is 18.4. The summed E-state index contributed by atoms with van der Waals surface area (Å²) < 4.78 is 77.1. The fourth-order valence-electron chi connectivity index (χ4n) is 8.87. The number of aromatic nitrogens is 8. The van der Waals surface area contributed by atoms with E-state index in [1.54, 1.807) is 110 Å². The first-order valence-corrected chi connectivity index (χ1v) is 42.3. The molecule has 3 atom stereocenters. The number of alkyl carbamates (subject to hydrolysis) is 1. The molecule has 8 aromatic rings. The van der Waals surface area contributed by atoms with Gasteiger partial charge in [0.2, 0.25) is 0 Å². The minimum absolute atomic E-state index is 0. The van der Waals surface area contributed by atoms with Gasteiger partial charge in [0.15, 0.2) is 0 Å². The van der Waals surface area contributed by atoms with Crippen LogP contribution in [0.15, 0.2) is 59.0 Å². The smallest absolute Gasteiger partial charge is 0.400 e. The van der Waals surface area contributed by atoms with Crippen molar-refractivity contribution < 1.29 is 257 Å². The monoisotopic (exact) mass is 2610 g/mol. The Morgan fingerprint density at radius 3 is 1.20 bits per heavy atom. The van der Waals surface area contributed by atoms with Gasteiger partial charge >= 0.3 is 6.09 Å². The van der Waals surface area contributed by atoms with Crippen LogP contribution in [0.1, 0.15) is 102 Å². The first kappa shape index (κ1) is 125. The molecule has 0 aromatic carbocycles. The summed E-state index contributed by atoms with van der Waals surface area (Å²) in [6.45, 7) is 23.6. The summed E-state index contributed by atoms with van der Waals surface area (Å²) in [4.78, 5) is 53.9. The van der Waals surface area contributed by atoms with Gasteiger partial charge < -0.3 is 70.5 Å². The molecule has 0 spiro atoms. The maximum absolute atomic E-state index is 11.7. The molecule has 626 valence electrons. The Balaban J connectivity index is -0.000000619. The number of aromatic hydroxyl groups is 1. The number of ether oxygens (including phenoxy) is 7. The third kappa shape index (κ3) is 44.9. The van der Waals surface area contributed by atoms with Gasteiger partial charge in [-0.3, -0.25) is 29.8 Å². The van der Waals surface area contributed by atoms with Crippen LogP contribution in [0.4, 0.5) is 4.79 Å². The molecule has 0 aliphatic carbocycles. The van der Waals surface area contributed by atoms with Gasteiger partial charge in [-0.15, -0.1) is 46.5 Å². The second kappa shape index (κ2) is 62.5. The fourth-order valence-corrected chi connectivity index (χ4v) is 14.4. The topological polar surface area (TPSA) is 388 Å². The minimum Gasteiger partial charge on any atom is -0.555 e. The van der Waals surface area contributed by atoms with E-state index in [1.807, 2.05) is 63.3 Å². The van der Waals surface area contributed by atoms with E-state index < -0.39 is 44.7 Å². The largest absolute Gasteiger partial charge is 0.555 e. The number of hydrogen-bond donors (Lipinski definition) is 6. The van der Waals surface area contributed by atoms with Gasteiger partial charge in [0.05, 0.1) is 108 Å². The molecule has 1 amide bonds. The number of carbonyl (C=O) groups excluding carboxylic acids is 2. The summed E-state index contributed by atoms with van der Waals surface area (Å²) in [6.07, 6.45) is 8.13. The third-order valence-electron chi connectivity index (χ3n) is 13.5. The van der Waals surface area contributed by atoms with Crippen LogP contribution in [0.2, 0.25) is 41.2 Å². The number of nitrogens with two attached hydrogens (primary N) is 3. The number of pyridine rings is 8. The molecule has 0 saturated carbocycles. The van der Waals surface area contributed by atoms with Crippen molar-refractivity contribution in [1.29, 1.82) is 0 Å². The second-order valence-electron chi connectivity index (χ2n) is 23.4. The van der Waals surface area contributed by atoms with E-state index in [2.05, 4.69) is 111 Å². The van der Waals surface area contributed by atoms with Crippen molar-refractivity contribution in [2.75, 3.05) is 58.4 Å². The van der Waals surface area contributed by atoms with Crippen LogP contribution in [0, 0.1) is 97.2 Å². The Hall–Kier alpha value is 1.31. The molecule has 12 heterocycles. The number of carbonyl (C=O) groups is 1. The summed E-state index contributed by atoms with van der Waals surface area (Å²) in [5.41, 5.74) is 21.4. The van der Waals surface area contributed by atoms with Gasteiger partial charge in [0.1, 0.15) is 43.5 Å². The number of nitrogens with zero attached hydrogens (tertiary/aromatic N) is 9. The number of amides is 1. The van der Waals surface area contributed by atoms with Crippen LogP contribution in [0.3, 0.4) is 0 Å². The Morgan fingerprint density at radius 2 is 0.846 bits per heavy atom. The number of fused-ring (bicyclic) bond motifs is 4. The Kier molecular flexibility index (Phi) is 66.6. The maximum atomic E-state index is 11.7. The Morgan fingerprint density at radius 1 is 0.521 bits per heavy atom. The molecule has 27 nitrogen and oxygen atoms in total. The molecule has 117 heavy (non-hydrogen) atoms. The number of nitrogens with one attached hydrogen (secondary N) is 2. The minimum atomic E-state index is -1.24. The Bertz CT molecular complexity index is 4530. The predicted octanol–water partition coefficient (Wildman–Crippen LogP) is 15.6. The van der Waals surface area contributed by atoms with Crippen molar-refractivity contribution in [3.8, 4) is 40.2 Å². The van der Waals surface area contributed by atoms with Crippen molar-refractivity contribution in [3.05, 3.63) is 204 Å². The van der Waals surface area contributed by atoms with Crippen molar-refractivity contribution in [3.63, 3.8) is 0 Å². The van der Waals surface area contributed by atoms with Crippen LogP contribution in [-0.4, -0.2) is 140 Å². The average molecular weight is 2620 g/mol. The molecule has 0 fully saturated rings. The normalized spacial score (nSPS) is 12.2. The van der Waals surface area contributed by atoms with Crippen molar-refractivity contribution >= 4 is 212 Å². The van der Waals surface area contributed by atoms with Gasteiger partial charge in [0.25, 0.3) is 0 Å². The fraction of sp³-hybridized carbons (Fsp3) is 0.329. The van der Waals surface area contributed by atoms with Crippen molar-refractivity contribution in [2.24, 2.45) is 21.0 Å².